The van der Waals surface area contributed by atoms with E-state index in [1.54, 1.807) is 11.8 Å². The number of nitrogens with one attached hydrogen (secondary N) is 1. The van der Waals surface area contributed by atoms with Crippen molar-refractivity contribution in [2.75, 3.05) is 18.3 Å². The molecule has 68 valence electrons. The summed E-state index contributed by atoms with van der Waals surface area (Å²) >= 11 is 3.21. The number of aliphatic imine (C=N–C) groups is 1. The number of rotatable bonds is 3. The maximum Gasteiger partial charge on any atom is 0.183 e. The Bertz CT molecular complexity index is 186. The fourth-order valence-corrected chi connectivity index (χ4v) is 1.65. The van der Waals surface area contributed by atoms with Crippen LogP contribution >= 0.6 is 23.5 Å². The van der Waals surface area contributed by atoms with Crippen LogP contribution in [0.1, 0.15) is 6.92 Å². The van der Waals surface area contributed by atoms with E-state index < -0.39 is 0 Å². The lowest BCUT2D eigenvalue weighted by atomic mass is 10.4. The van der Waals surface area contributed by atoms with Gasteiger partial charge in [-0.2, -0.15) is 17.0 Å². The molecule has 1 N–H and O–H groups in total. The number of amidine groups is 1. The first-order chi connectivity index (χ1) is 5.74. The molecule has 12 heavy (non-hydrogen) atoms. The summed E-state index contributed by atoms with van der Waals surface area (Å²) in [4.78, 5) is 4.30. The zero-order chi connectivity index (χ0) is 9.40. The monoisotopic (exact) mass is 203 g/mol. The molecule has 0 rings (SSSR count). The maximum atomic E-state index is 8.35. The molecule has 0 saturated carbocycles. The largest absolute Gasteiger partial charge is 0.272 e. The molecule has 0 fully saturated rings. The van der Waals surface area contributed by atoms with E-state index in [0.717, 1.165) is 5.75 Å². The molecule has 1 unspecified atom stereocenters. The van der Waals surface area contributed by atoms with Crippen LogP contribution in [0.4, 0.5) is 0 Å². The second-order valence-electron chi connectivity index (χ2n) is 2.18. The Labute approximate surface area is 82.0 Å². The normalized spacial score (nSPS) is 13.7. The minimum absolute atomic E-state index is 0.267. The standard InChI is InChI=1S/C7H13N3S2/c1-6(4-11-2)10-7(12-3)9-5-8/h6H,4H2,1-3H3,(H,9,10). The molecule has 0 spiro atoms. The number of hydrogen-bond acceptors (Lipinski definition) is 4. The average Bonchev–Trinajstić information content (AvgIpc) is 2.04. The third-order valence-electron chi connectivity index (χ3n) is 1.10. The van der Waals surface area contributed by atoms with Gasteiger partial charge in [0.05, 0.1) is 6.04 Å². The van der Waals surface area contributed by atoms with Crippen molar-refractivity contribution in [2.45, 2.75) is 13.0 Å². The van der Waals surface area contributed by atoms with Crippen LogP contribution in [0.5, 0.6) is 0 Å². The van der Waals surface area contributed by atoms with Crippen LogP contribution in [-0.2, 0) is 0 Å². The van der Waals surface area contributed by atoms with Crippen LogP contribution in [-0.4, -0.2) is 29.5 Å². The predicted molar refractivity (Wildman–Crippen MR) is 57.5 cm³/mol. The summed E-state index contributed by atoms with van der Waals surface area (Å²) in [6.07, 6.45) is 5.80. The van der Waals surface area contributed by atoms with Gasteiger partial charge in [-0.1, -0.05) is 11.8 Å². The molecule has 0 aromatic rings. The van der Waals surface area contributed by atoms with E-state index in [-0.39, 0.29) is 6.04 Å². The van der Waals surface area contributed by atoms with E-state index in [4.69, 9.17) is 5.26 Å². The van der Waals surface area contributed by atoms with Crippen LogP contribution in [0.3, 0.4) is 0 Å². The van der Waals surface area contributed by atoms with Gasteiger partial charge in [0.1, 0.15) is 0 Å². The third kappa shape index (κ3) is 5.33. The lowest BCUT2D eigenvalue weighted by molar-refractivity contribution is 0.848. The second kappa shape index (κ2) is 7.32. The van der Waals surface area contributed by atoms with Gasteiger partial charge in [0, 0.05) is 5.75 Å². The summed E-state index contributed by atoms with van der Waals surface area (Å²) in [7, 11) is 0. The Balaban J connectivity index is 3.99. The quantitative estimate of drug-likeness (QED) is 0.327. The van der Waals surface area contributed by atoms with Gasteiger partial charge in [0.15, 0.2) is 11.4 Å². The average molecular weight is 203 g/mol. The van der Waals surface area contributed by atoms with E-state index in [2.05, 4.69) is 10.3 Å². The predicted octanol–water partition coefficient (Wildman–Crippen LogP) is 1.53. The van der Waals surface area contributed by atoms with Gasteiger partial charge < -0.3 is 0 Å². The smallest absolute Gasteiger partial charge is 0.183 e. The van der Waals surface area contributed by atoms with Crippen molar-refractivity contribution in [1.29, 1.82) is 5.26 Å². The van der Waals surface area contributed by atoms with Crippen molar-refractivity contribution in [2.24, 2.45) is 4.99 Å². The molecule has 0 aliphatic heterocycles. The molecule has 0 aliphatic carbocycles. The van der Waals surface area contributed by atoms with Crippen LogP contribution in [0.25, 0.3) is 0 Å². The van der Waals surface area contributed by atoms with Gasteiger partial charge in [-0.15, -0.1) is 0 Å². The third-order valence-corrected chi connectivity index (χ3v) is 2.51. The summed E-state index contributed by atoms with van der Waals surface area (Å²) in [5, 5.41) is 11.6. The van der Waals surface area contributed by atoms with Crippen LogP contribution in [0.2, 0.25) is 0 Å². The molecular weight excluding hydrogens is 190 g/mol. The number of thioether (sulfide) groups is 2. The van der Waals surface area contributed by atoms with Gasteiger partial charge in [0.2, 0.25) is 0 Å². The van der Waals surface area contributed by atoms with Gasteiger partial charge >= 0.3 is 0 Å². The molecule has 0 radical (unpaired) electrons. The Kier molecular flexibility index (Phi) is 7.11. The Morgan fingerprint density at radius 2 is 2.33 bits per heavy atom. The van der Waals surface area contributed by atoms with Crippen molar-refractivity contribution in [3.63, 3.8) is 0 Å². The van der Waals surface area contributed by atoms with Crippen LogP contribution in [0, 0.1) is 11.5 Å². The zero-order valence-corrected chi connectivity index (χ0v) is 9.13. The number of nitrogens with zero attached hydrogens (tertiary/aromatic N) is 2. The highest BCUT2D eigenvalue weighted by atomic mass is 32.2. The van der Waals surface area contributed by atoms with Gasteiger partial charge in [-0.05, 0) is 19.4 Å². The second-order valence-corrected chi connectivity index (χ2v) is 3.89. The molecule has 5 heteroatoms. The maximum absolute atomic E-state index is 8.35. The molecular formula is C7H13N3S2. The van der Waals surface area contributed by atoms with Crippen molar-refractivity contribution in [3.8, 4) is 6.19 Å². The summed E-state index contributed by atoms with van der Waals surface area (Å²) in [6, 6.07) is 0.267. The number of hydrogen-bond donors (Lipinski definition) is 1. The summed E-state index contributed by atoms with van der Waals surface area (Å²) in [5.74, 6) is 0.983. The highest BCUT2D eigenvalue weighted by molar-refractivity contribution is 8.13. The lowest BCUT2D eigenvalue weighted by Crippen LogP contribution is -2.17. The topological polar surface area (TPSA) is 48.2 Å². The first-order valence-corrected chi connectivity index (χ1v) is 6.12. The van der Waals surface area contributed by atoms with E-state index in [9.17, 15) is 0 Å². The minimum Gasteiger partial charge on any atom is -0.272 e. The Morgan fingerprint density at radius 1 is 1.67 bits per heavy atom. The first kappa shape index (κ1) is 11.7. The molecule has 0 bridgehead atoms. The van der Waals surface area contributed by atoms with Crippen molar-refractivity contribution in [1.82, 2.24) is 5.32 Å². The van der Waals surface area contributed by atoms with Crippen molar-refractivity contribution < 1.29 is 0 Å². The molecule has 0 saturated heterocycles. The molecule has 0 aromatic carbocycles. The molecule has 0 amide bonds. The van der Waals surface area contributed by atoms with Gasteiger partial charge in [0.25, 0.3) is 0 Å². The van der Waals surface area contributed by atoms with Crippen molar-refractivity contribution in [3.05, 3.63) is 0 Å². The van der Waals surface area contributed by atoms with E-state index in [0.29, 0.717) is 5.17 Å². The fraction of sp³-hybridized carbons (Fsp3) is 0.714. The SMILES string of the molecule is CSCC(C)N=C(NC#N)SC. The van der Waals surface area contributed by atoms with E-state index >= 15 is 0 Å². The lowest BCUT2D eigenvalue weighted by Gasteiger charge is -2.05. The fourth-order valence-electron chi connectivity index (χ4n) is 0.662. The summed E-state index contributed by atoms with van der Waals surface area (Å²) in [5.41, 5.74) is 0. The first-order valence-electron chi connectivity index (χ1n) is 3.50. The molecule has 1 atom stereocenters. The summed E-state index contributed by atoms with van der Waals surface area (Å²) in [6.45, 7) is 2.03. The van der Waals surface area contributed by atoms with Gasteiger partial charge in [-0.3, -0.25) is 10.3 Å². The van der Waals surface area contributed by atoms with Gasteiger partial charge in [-0.25, -0.2) is 0 Å². The van der Waals surface area contributed by atoms with Crippen molar-refractivity contribution >= 4 is 28.7 Å². The molecule has 0 heterocycles. The highest BCUT2D eigenvalue weighted by Gasteiger charge is 2.00. The van der Waals surface area contributed by atoms with Crippen LogP contribution < -0.4 is 5.32 Å². The minimum atomic E-state index is 0.267. The molecule has 3 nitrogen and oxygen atoms in total. The Morgan fingerprint density at radius 3 is 2.75 bits per heavy atom. The molecule has 0 aromatic heterocycles. The Hall–Kier alpha value is -0.340. The highest BCUT2D eigenvalue weighted by Crippen LogP contribution is 2.03. The summed E-state index contributed by atoms with van der Waals surface area (Å²) < 4.78 is 0. The number of nitriles is 1. The van der Waals surface area contributed by atoms with Crippen LogP contribution in [0.15, 0.2) is 4.99 Å². The molecule has 0 aliphatic rings. The van der Waals surface area contributed by atoms with E-state index in [1.807, 2.05) is 25.6 Å². The van der Waals surface area contributed by atoms with E-state index in [1.165, 1.54) is 11.8 Å². The zero-order valence-electron chi connectivity index (χ0n) is 7.50.